The topological polar surface area (TPSA) is 43.8 Å². The molecule has 1 amide bonds. The highest BCUT2D eigenvalue weighted by atomic mass is 16.3. The van der Waals surface area contributed by atoms with E-state index < -0.39 is 0 Å². The summed E-state index contributed by atoms with van der Waals surface area (Å²) in [6.45, 7) is 7.21. The van der Waals surface area contributed by atoms with E-state index in [1.54, 1.807) is 4.90 Å². The van der Waals surface area contributed by atoms with Gasteiger partial charge in [0.15, 0.2) is 0 Å². The predicted octanol–water partition coefficient (Wildman–Crippen LogP) is 1.09. The molecule has 4 nitrogen and oxygen atoms in total. The second kappa shape index (κ2) is 6.36. The number of carbonyl (C=O) groups is 1. The molecule has 1 heterocycles. The van der Waals surface area contributed by atoms with Crippen molar-refractivity contribution in [2.45, 2.75) is 58.2 Å². The van der Waals surface area contributed by atoms with Crippen molar-refractivity contribution in [1.82, 2.24) is 9.80 Å². The highest BCUT2D eigenvalue weighted by Crippen LogP contribution is 2.19. The number of piperidine rings is 1. The molecule has 0 saturated carbocycles. The minimum atomic E-state index is -0.354. The molecule has 0 aromatic heterocycles. The van der Waals surface area contributed by atoms with Crippen LogP contribution in [-0.4, -0.2) is 59.1 Å². The average Bonchev–Trinajstić information content (AvgIpc) is 2.28. The van der Waals surface area contributed by atoms with Crippen molar-refractivity contribution in [2.24, 2.45) is 0 Å². The van der Waals surface area contributed by atoms with Gasteiger partial charge in [-0.3, -0.25) is 9.69 Å². The zero-order valence-electron chi connectivity index (χ0n) is 11.5. The molecule has 4 heteroatoms. The summed E-state index contributed by atoms with van der Waals surface area (Å²) in [5.74, 6) is 0.146. The summed E-state index contributed by atoms with van der Waals surface area (Å²) in [6, 6.07) is 0.380. The van der Waals surface area contributed by atoms with Crippen LogP contribution in [0.5, 0.6) is 0 Å². The summed E-state index contributed by atoms with van der Waals surface area (Å²) >= 11 is 0. The summed E-state index contributed by atoms with van der Waals surface area (Å²) in [5, 5.41) is 9.74. The molecule has 0 aromatic rings. The Morgan fingerprint density at radius 2 is 2.06 bits per heavy atom. The fourth-order valence-corrected chi connectivity index (χ4v) is 2.33. The van der Waals surface area contributed by atoms with Crippen molar-refractivity contribution in [3.8, 4) is 0 Å². The van der Waals surface area contributed by atoms with Crippen molar-refractivity contribution >= 4 is 5.91 Å². The normalized spacial score (nSPS) is 23.8. The maximum absolute atomic E-state index is 12.0. The lowest BCUT2D eigenvalue weighted by Gasteiger charge is -2.38. The van der Waals surface area contributed by atoms with Gasteiger partial charge >= 0.3 is 0 Å². The van der Waals surface area contributed by atoms with E-state index >= 15 is 0 Å². The lowest BCUT2D eigenvalue weighted by molar-refractivity contribution is -0.134. The van der Waals surface area contributed by atoms with Gasteiger partial charge in [0, 0.05) is 19.1 Å². The molecule has 100 valence electrons. The highest BCUT2D eigenvalue weighted by molar-refractivity contribution is 5.78. The minimum absolute atomic E-state index is 0.146. The standard InChI is InChI=1S/C13H26N2O2/c1-10(2)14(4)13(17)9-15-8-6-5-7-12(15)11(3)16/h10-12,16H,5-9H2,1-4H3/t11-,12+/m0/s1. The van der Waals surface area contributed by atoms with Crippen molar-refractivity contribution < 1.29 is 9.90 Å². The van der Waals surface area contributed by atoms with Gasteiger partial charge in [0.25, 0.3) is 0 Å². The number of carbonyl (C=O) groups excluding carboxylic acids is 1. The van der Waals surface area contributed by atoms with Crippen LogP contribution in [0.2, 0.25) is 0 Å². The van der Waals surface area contributed by atoms with E-state index in [2.05, 4.69) is 4.90 Å². The Bertz CT molecular complexity index is 254. The summed E-state index contributed by atoms with van der Waals surface area (Å²) in [6.07, 6.45) is 2.92. The Balaban J connectivity index is 2.56. The summed E-state index contributed by atoms with van der Waals surface area (Å²) in [7, 11) is 1.84. The van der Waals surface area contributed by atoms with E-state index in [0.717, 1.165) is 25.8 Å². The van der Waals surface area contributed by atoms with E-state index in [0.29, 0.717) is 6.54 Å². The van der Waals surface area contributed by atoms with Gasteiger partial charge in [0.2, 0.25) is 5.91 Å². The molecular formula is C13H26N2O2. The maximum Gasteiger partial charge on any atom is 0.236 e. The first-order chi connectivity index (χ1) is 7.93. The predicted molar refractivity (Wildman–Crippen MR) is 68.8 cm³/mol. The molecule has 0 spiro atoms. The zero-order valence-corrected chi connectivity index (χ0v) is 11.5. The van der Waals surface area contributed by atoms with Gasteiger partial charge in [0.05, 0.1) is 12.6 Å². The Morgan fingerprint density at radius 3 is 2.59 bits per heavy atom. The van der Waals surface area contributed by atoms with Gasteiger partial charge in [-0.25, -0.2) is 0 Å². The van der Waals surface area contributed by atoms with Gasteiger partial charge in [-0.2, -0.15) is 0 Å². The summed E-state index contributed by atoms with van der Waals surface area (Å²) in [4.78, 5) is 15.9. The van der Waals surface area contributed by atoms with Gasteiger partial charge in [0.1, 0.15) is 0 Å². The first-order valence-electron chi connectivity index (χ1n) is 6.61. The maximum atomic E-state index is 12.0. The smallest absolute Gasteiger partial charge is 0.236 e. The summed E-state index contributed by atoms with van der Waals surface area (Å²) < 4.78 is 0. The molecule has 2 atom stereocenters. The molecule has 17 heavy (non-hydrogen) atoms. The van der Waals surface area contributed by atoms with Crippen LogP contribution >= 0.6 is 0 Å². The lowest BCUT2D eigenvalue weighted by Crippen LogP contribution is -2.50. The van der Waals surface area contributed by atoms with Crippen molar-refractivity contribution in [3.63, 3.8) is 0 Å². The quantitative estimate of drug-likeness (QED) is 0.802. The Morgan fingerprint density at radius 1 is 1.41 bits per heavy atom. The third-order valence-electron chi connectivity index (χ3n) is 3.73. The number of likely N-dealkylation sites (N-methyl/N-ethyl adjacent to an activating group) is 1. The number of likely N-dealkylation sites (tertiary alicyclic amines) is 1. The molecule has 0 aromatic carbocycles. The number of rotatable bonds is 4. The first kappa shape index (κ1) is 14.5. The Labute approximate surface area is 105 Å². The number of aliphatic hydroxyl groups excluding tert-OH is 1. The third kappa shape index (κ3) is 3.96. The van der Waals surface area contributed by atoms with Gasteiger partial charge in [-0.1, -0.05) is 6.42 Å². The van der Waals surface area contributed by atoms with Crippen molar-refractivity contribution in [3.05, 3.63) is 0 Å². The Kier molecular flexibility index (Phi) is 5.40. The van der Waals surface area contributed by atoms with Crippen molar-refractivity contribution in [2.75, 3.05) is 20.1 Å². The van der Waals surface area contributed by atoms with Crippen LogP contribution in [0.4, 0.5) is 0 Å². The second-order valence-corrected chi connectivity index (χ2v) is 5.37. The molecule has 1 fully saturated rings. The molecule has 0 radical (unpaired) electrons. The van der Waals surface area contributed by atoms with Crippen LogP contribution in [-0.2, 0) is 4.79 Å². The van der Waals surface area contributed by atoms with E-state index in [9.17, 15) is 9.90 Å². The van der Waals surface area contributed by atoms with E-state index in [4.69, 9.17) is 0 Å². The molecule has 1 aliphatic rings. The second-order valence-electron chi connectivity index (χ2n) is 5.37. The molecule has 0 unspecified atom stereocenters. The van der Waals surface area contributed by atoms with Gasteiger partial charge in [-0.05, 0) is 40.2 Å². The molecule has 0 bridgehead atoms. The number of aliphatic hydroxyl groups is 1. The largest absolute Gasteiger partial charge is 0.392 e. The summed E-state index contributed by atoms with van der Waals surface area (Å²) in [5.41, 5.74) is 0. The molecule has 1 N–H and O–H groups in total. The number of hydrogen-bond donors (Lipinski definition) is 1. The molecule has 1 rings (SSSR count). The average molecular weight is 242 g/mol. The Hall–Kier alpha value is -0.610. The molecular weight excluding hydrogens is 216 g/mol. The number of hydrogen-bond acceptors (Lipinski definition) is 3. The van der Waals surface area contributed by atoms with Gasteiger partial charge in [-0.15, -0.1) is 0 Å². The minimum Gasteiger partial charge on any atom is -0.392 e. The van der Waals surface area contributed by atoms with Crippen LogP contribution < -0.4 is 0 Å². The van der Waals surface area contributed by atoms with Crippen LogP contribution in [0.3, 0.4) is 0 Å². The van der Waals surface area contributed by atoms with Crippen LogP contribution in [0, 0.1) is 0 Å². The highest BCUT2D eigenvalue weighted by Gasteiger charge is 2.28. The van der Waals surface area contributed by atoms with E-state index in [1.807, 2.05) is 27.8 Å². The van der Waals surface area contributed by atoms with Crippen LogP contribution in [0.1, 0.15) is 40.0 Å². The third-order valence-corrected chi connectivity index (χ3v) is 3.73. The molecule has 1 aliphatic heterocycles. The van der Waals surface area contributed by atoms with Gasteiger partial charge < -0.3 is 10.0 Å². The van der Waals surface area contributed by atoms with E-state index in [1.165, 1.54) is 0 Å². The molecule has 0 aliphatic carbocycles. The SMILES string of the molecule is CC(C)N(C)C(=O)CN1CCCC[C@@H]1[C@H](C)O. The van der Waals surface area contributed by atoms with Crippen LogP contribution in [0.15, 0.2) is 0 Å². The fraction of sp³-hybridized carbons (Fsp3) is 0.923. The van der Waals surface area contributed by atoms with Crippen LogP contribution in [0.25, 0.3) is 0 Å². The number of amides is 1. The van der Waals surface area contributed by atoms with E-state index in [-0.39, 0.29) is 24.1 Å². The lowest BCUT2D eigenvalue weighted by atomic mass is 9.98. The zero-order chi connectivity index (χ0) is 13.0. The monoisotopic (exact) mass is 242 g/mol. The first-order valence-corrected chi connectivity index (χ1v) is 6.61. The molecule has 1 saturated heterocycles. The fourth-order valence-electron chi connectivity index (χ4n) is 2.33. The van der Waals surface area contributed by atoms with Crippen molar-refractivity contribution in [1.29, 1.82) is 0 Å². The number of nitrogens with zero attached hydrogens (tertiary/aromatic N) is 2.